The highest BCUT2D eigenvalue weighted by Crippen LogP contribution is 2.20. The van der Waals surface area contributed by atoms with Crippen LogP contribution in [0.2, 0.25) is 5.02 Å². The summed E-state index contributed by atoms with van der Waals surface area (Å²) in [6.45, 7) is 0. The third kappa shape index (κ3) is 4.59. The second-order valence-corrected chi connectivity index (χ2v) is 6.00. The number of hydrogen-bond acceptors (Lipinski definition) is 4. The summed E-state index contributed by atoms with van der Waals surface area (Å²) >= 11 is 5.84. The van der Waals surface area contributed by atoms with Crippen molar-refractivity contribution in [2.75, 3.05) is 10.6 Å². The number of pyridine rings is 1. The van der Waals surface area contributed by atoms with E-state index in [1.165, 1.54) is 0 Å². The quantitative estimate of drug-likeness (QED) is 0.698. The minimum Gasteiger partial charge on any atom is -0.353 e. The molecule has 2 N–H and O–H groups in total. The topological polar surface area (TPSA) is 77.8 Å². The predicted molar refractivity (Wildman–Crippen MR) is 102 cm³/mol. The molecule has 26 heavy (non-hydrogen) atoms. The first kappa shape index (κ1) is 17.5. The van der Waals surface area contributed by atoms with Crippen LogP contribution in [0.3, 0.4) is 0 Å². The fourth-order valence-electron chi connectivity index (χ4n) is 2.36. The molecule has 3 aromatic rings. The number of benzene rings is 2. The first-order valence-electron chi connectivity index (χ1n) is 7.90. The SMILES string of the molecule is N#Cc1ccccc1Nc1ccc(NC(=O)Cc2ccc(Cl)cc2)nc1. The number of nitrogens with one attached hydrogen (secondary N) is 2. The van der Waals surface area contributed by atoms with Gasteiger partial charge in [-0.2, -0.15) is 5.26 Å². The van der Waals surface area contributed by atoms with Gasteiger partial charge in [0.2, 0.25) is 5.91 Å². The Balaban J connectivity index is 1.61. The van der Waals surface area contributed by atoms with Crippen LogP contribution in [0.25, 0.3) is 0 Å². The molecule has 1 heterocycles. The zero-order valence-electron chi connectivity index (χ0n) is 13.7. The molecule has 128 valence electrons. The van der Waals surface area contributed by atoms with Gasteiger partial charge in [0, 0.05) is 5.02 Å². The zero-order valence-corrected chi connectivity index (χ0v) is 14.5. The monoisotopic (exact) mass is 362 g/mol. The molecule has 3 rings (SSSR count). The Labute approximate surface area is 156 Å². The highest BCUT2D eigenvalue weighted by Gasteiger charge is 2.06. The zero-order chi connectivity index (χ0) is 18.4. The lowest BCUT2D eigenvalue weighted by Gasteiger charge is -2.09. The Morgan fingerprint density at radius 1 is 1.08 bits per heavy atom. The van der Waals surface area contributed by atoms with E-state index in [1.54, 1.807) is 42.6 Å². The average molecular weight is 363 g/mol. The summed E-state index contributed by atoms with van der Waals surface area (Å²) in [6, 6.07) is 20.0. The average Bonchev–Trinajstić information content (AvgIpc) is 2.65. The van der Waals surface area contributed by atoms with Gasteiger partial charge in [-0.05, 0) is 42.0 Å². The van der Waals surface area contributed by atoms with Crippen LogP contribution in [0.15, 0.2) is 66.9 Å². The van der Waals surface area contributed by atoms with Gasteiger partial charge in [-0.25, -0.2) is 4.98 Å². The number of nitrogens with zero attached hydrogens (tertiary/aromatic N) is 2. The summed E-state index contributed by atoms with van der Waals surface area (Å²) in [5.41, 5.74) is 2.85. The number of rotatable bonds is 5. The van der Waals surface area contributed by atoms with Crippen molar-refractivity contribution < 1.29 is 4.79 Å². The van der Waals surface area contributed by atoms with Gasteiger partial charge in [-0.3, -0.25) is 4.79 Å². The van der Waals surface area contributed by atoms with Crippen LogP contribution >= 0.6 is 11.6 Å². The molecule has 0 saturated heterocycles. The standard InChI is InChI=1S/C20H15ClN4O/c21-16-7-5-14(6-8-16)11-20(26)25-19-10-9-17(13-23-19)24-18-4-2-1-3-15(18)12-22/h1-10,13,24H,11H2,(H,23,25,26). The summed E-state index contributed by atoms with van der Waals surface area (Å²) in [7, 11) is 0. The Kier molecular flexibility index (Phi) is 5.47. The van der Waals surface area contributed by atoms with E-state index in [-0.39, 0.29) is 12.3 Å². The number of nitriles is 1. The van der Waals surface area contributed by atoms with E-state index in [0.29, 0.717) is 22.1 Å². The molecule has 0 radical (unpaired) electrons. The molecule has 6 heteroatoms. The maximum Gasteiger partial charge on any atom is 0.229 e. The Morgan fingerprint density at radius 3 is 2.54 bits per heavy atom. The highest BCUT2D eigenvalue weighted by atomic mass is 35.5. The number of hydrogen-bond donors (Lipinski definition) is 2. The van der Waals surface area contributed by atoms with Crippen LogP contribution in [0.4, 0.5) is 17.2 Å². The summed E-state index contributed by atoms with van der Waals surface area (Å²) in [5.74, 6) is 0.304. The van der Waals surface area contributed by atoms with E-state index in [4.69, 9.17) is 16.9 Å². The Morgan fingerprint density at radius 2 is 1.85 bits per heavy atom. The van der Waals surface area contributed by atoms with E-state index < -0.39 is 0 Å². The van der Waals surface area contributed by atoms with E-state index in [0.717, 1.165) is 11.3 Å². The molecule has 0 aliphatic heterocycles. The molecule has 5 nitrogen and oxygen atoms in total. The van der Waals surface area contributed by atoms with Gasteiger partial charge >= 0.3 is 0 Å². The van der Waals surface area contributed by atoms with Crippen LogP contribution in [0.1, 0.15) is 11.1 Å². The summed E-state index contributed by atoms with van der Waals surface area (Å²) < 4.78 is 0. The molecular formula is C20H15ClN4O. The van der Waals surface area contributed by atoms with Crippen LogP contribution in [0, 0.1) is 11.3 Å². The number of carbonyl (C=O) groups is 1. The lowest BCUT2D eigenvalue weighted by molar-refractivity contribution is -0.115. The number of aromatic nitrogens is 1. The molecule has 0 atom stereocenters. The van der Waals surface area contributed by atoms with Crippen LogP contribution in [-0.2, 0) is 11.2 Å². The fourth-order valence-corrected chi connectivity index (χ4v) is 2.49. The Hall–Kier alpha value is -3.36. The molecule has 2 aromatic carbocycles. The number of para-hydroxylation sites is 1. The second-order valence-electron chi connectivity index (χ2n) is 5.57. The summed E-state index contributed by atoms with van der Waals surface area (Å²) in [5, 5.41) is 15.6. The van der Waals surface area contributed by atoms with Crippen molar-refractivity contribution in [1.29, 1.82) is 5.26 Å². The minimum atomic E-state index is -0.157. The lowest BCUT2D eigenvalue weighted by atomic mass is 10.1. The van der Waals surface area contributed by atoms with E-state index >= 15 is 0 Å². The molecule has 1 amide bonds. The smallest absolute Gasteiger partial charge is 0.229 e. The Bertz CT molecular complexity index is 947. The van der Waals surface area contributed by atoms with Crippen LogP contribution in [-0.4, -0.2) is 10.9 Å². The first-order chi connectivity index (χ1) is 12.6. The molecule has 0 fully saturated rings. The van der Waals surface area contributed by atoms with Gasteiger partial charge in [-0.1, -0.05) is 35.9 Å². The van der Waals surface area contributed by atoms with Gasteiger partial charge < -0.3 is 10.6 Å². The fraction of sp³-hybridized carbons (Fsp3) is 0.0500. The molecule has 0 spiro atoms. The predicted octanol–water partition coefficient (Wildman–Crippen LogP) is 4.53. The van der Waals surface area contributed by atoms with E-state index in [2.05, 4.69) is 21.7 Å². The first-order valence-corrected chi connectivity index (χ1v) is 8.28. The molecule has 0 bridgehead atoms. The maximum absolute atomic E-state index is 12.1. The second kappa shape index (κ2) is 8.15. The van der Waals surface area contributed by atoms with Crippen molar-refractivity contribution in [3.63, 3.8) is 0 Å². The molecule has 0 saturated carbocycles. The van der Waals surface area contributed by atoms with Crippen molar-refractivity contribution in [3.8, 4) is 6.07 Å². The van der Waals surface area contributed by atoms with Crippen molar-refractivity contribution in [2.24, 2.45) is 0 Å². The van der Waals surface area contributed by atoms with Gasteiger partial charge in [0.1, 0.15) is 11.9 Å². The lowest BCUT2D eigenvalue weighted by Crippen LogP contribution is -2.15. The van der Waals surface area contributed by atoms with Gasteiger partial charge in [0.25, 0.3) is 0 Å². The molecule has 0 aliphatic rings. The largest absolute Gasteiger partial charge is 0.353 e. The molecule has 0 unspecified atom stereocenters. The van der Waals surface area contributed by atoms with Crippen molar-refractivity contribution in [3.05, 3.63) is 83.0 Å². The van der Waals surface area contributed by atoms with Crippen molar-refractivity contribution in [2.45, 2.75) is 6.42 Å². The van der Waals surface area contributed by atoms with E-state index in [9.17, 15) is 4.79 Å². The molecular weight excluding hydrogens is 348 g/mol. The maximum atomic E-state index is 12.1. The molecule has 1 aromatic heterocycles. The summed E-state index contributed by atoms with van der Waals surface area (Å²) in [6.07, 6.45) is 1.85. The number of amides is 1. The van der Waals surface area contributed by atoms with E-state index in [1.807, 2.05) is 24.3 Å². The summed E-state index contributed by atoms with van der Waals surface area (Å²) in [4.78, 5) is 16.3. The number of carbonyl (C=O) groups excluding carboxylic acids is 1. The van der Waals surface area contributed by atoms with Crippen LogP contribution in [0.5, 0.6) is 0 Å². The van der Waals surface area contributed by atoms with Crippen LogP contribution < -0.4 is 10.6 Å². The van der Waals surface area contributed by atoms with Gasteiger partial charge in [0.05, 0.1) is 29.6 Å². The van der Waals surface area contributed by atoms with Gasteiger partial charge in [-0.15, -0.1) is 0 Å². The third-order valence-electron chi connectivity index (χ3n) is 3.64. The van der Waals surface area contributed by atoms with Crippen molar-refractivity contribution in [1.82, 2.24) is 4.98 Å². The number of halogens is 1. The third-order valence-corrected chi connectivity index (χ3v) is 3.89. The van der Waals surface area contributed by atoms with Crippen molar-refractivity contribution >= 4 is 34.7 Å². The van der Waals surface area contributed by atoms with Gasteiger partial charge in [0.15, 0.2) is 0 Å². The highest BCUT2D eigenvalue weighted by molar-refractivity contribution is 6.30. The normalized spacial score (nSPS) is 10.0. The number of anilines is 3. The minimum absolute atomic E-state index is 0.157. The molecule has 0 aliphatic carbocycles.